The molecule has 0 heterocycles. The first-order valence-electron chi connectivity index (χ1n) is 13.2. The van der Waals surface area contributed by atoms with Crippen molar-refractivity contribution in [2.45, 2.75) is 71.0 Å². The number of amides is 2. The Labute approximate surface area is 243 Å². The number of nitrogens with zero attached hydrogens (tertiary/aromatic N) is 2. The van der Waals surface area contributed by atoms with Crippen LogP contribution in [0.3, 0.4) is 0 Å². The molecule has 0 spiro atoms. The van der Waals surface area contributed by atoms with Gasteiger partial charge in [-0.15, -0.1) is 0 Å². The number of sulfonamides is 1. The summed E-state index contributed by atoms with van der Waals surface area (Å²) < 4.78 is 29.0. The molecule has 0 radical (unpaired) electrons. The first-order chi connectivity index (χ1) is 18.7. The predicted octanol–water partition coefficient (Wildman–Crippen LogP) is 5.87. The lowest BCUT2D eigenvalue weighted by atomic mass is 10.1. The Balaban J connectivity index is 2.11. The van der Waals surface area contributed by atoms with Gasteiger partial charge in [0.2, 0.25) is 11.8 Å². The minimum Gasteiger partial charge on any atom is -0.350 e. The van der Waals surface area contributed by atoms with E-state index in [1.165, 1.54) is 17.0 Å². The van der Waals surface area contributed by atoms with Crippen LogP contribution in [0.15, 0.2) is 77.7 Å². The number of aryl methyl sites for hydroxylation is 2. The highest BCUT2D eigenvalue weighted by Crippen LogP contribution is 2.29. The minimum absolute atomic E-state index is 0.0423. The van der Waals surface area contributed by atoms with Crippen LogP contribution in [0.2, 0.25) is 5.02 Å². The molecule has 0 bridgehead atoms. The van der Waals surface area contributed by atoms with E-state index < -0.39 is 34.1 Å². The second-order valence-corrected chi connectivity index (χ2v) is 13.2. The van der Waals surface area contributed by atoms with E-state index in [0.717, 1.165) is 9.87 Å². The van der Waals surface area contributed by atoms with Crippen molar-refractivity contribution in [3.63, 3.8) is 0 Å². The van der Waals surface area contributed by atoms with Gasteiger partial charge in [-0.05, 0) is 76.4 Å². The van der Waals surface area contributed by atoms with E-state index in [1.807, 2.05) is 59.7 Å². The quantitative estimate of drug-likeness (QED) is 0.323. The number of nitrogens with one attached hydrogen (secondary N) is 1. The van der Waals surface area contributed by atoms with Crippen LogP contribution < -0.4 is 9.62 Å². The van der Waals surface area contributed by atoms with Gasteiger partial charge in [0.05, 0.1) is 10.6 Å². The summed E-state index contributed by atoms with van der Waals surface area (Å²) >= 11 is 6.45. The molecule has 0 aliphatic heterocycles. The number of anilines is 1. The first-order valence-corrected chi connectivity index (χ1v) is 15.1. The summed E-state index contributed by atoms with van der Waals surface area (Å²) in [7, 11) is -4.12. The Morgan fingerprint density at radius 2 is 1.57 bits per heavy atom. The lowest BCUT2D eigenvalue weighted by Crippen LogP contribution is -2.55. The average molecular weight is 584 g/mol. The second kappa shape index (κ2) is 12.9. The standard InChI is InChI=1S/C31H38ClN3O4S/c1-7-27(30(37)33-31(4,5)6)34(20-24-13-11-12-16-26(24)32)29(36)21-35(28-18-17-22(2)19-23(28)3)40(38,39)25-14-9-8-10-15-25/h8-19,27H,7,20-21H2,1-6H3,(H,33,37)/t27-/m1/s1. The van der Waals surface area contributed by atoms with E-state index in [9.17, 15) is 18.0 Å². The van der Waals surface area contributed by atoms with Crippen molar-refractivity contribution in [1.82, 2.24) is 10.2 Å². The number of carbonyl (C=O) groups excluding carboxylic acids is 2. The normalized spacial score (nSPS) is 12.5. The fourth-order valence-corrected chi connectivity index (χ4v) is 6.20. The second-order valence-electron chi connectivity index (χ2n) is 10.9. The number of hydrogen-bond acceptors (Lipinski definition) is 4. The summed E-state index contributed by atoms with van der Waals surface area (Å²) in [6.45, 7) is 10.7. The van der Waals surface area contributed by atoms with Gasteiger partial charge >= 0.3 is 0 Å². The summed E-state index contributed by atoms with van der Waals surface area (Å²) in [6, 6.07) is 19.7. The predicted molar refractivity (Wildman–Crippen MR) is 161 cm³/mol. The Hall–Kier alpha value is -3.36. The van der Waals surface area contributed by atoms with Crippen molar-refractivity contribution in [3.05, 3.63) is 94.5 Å². The van der Waals surface area contributed by atoms with Crippen molar-refractivity contribution in [2.75, 3.05) is 10.8 Å². The van der Waals surface area contributed by atoms with Gasteiger partial charge in [-0.2, -0.15) is 0 Å². The molecule has 0 aliphatic carbocycles. The molecule has 2 amide bonds. The van der Waals surface area contributed by atoms with Gasteiger partial charge in [0.1, 0.15) is 12.6 Å². The third-order valence-corrected chi connectivity index (χ3v) is 8.56. The molecule has 1 atom stereocenters. The number of carbonyl (C=O) groups is 2. The van der Waals surface area contributed by atoms with Crippen LogP contribution in [0.25, 0.3) is 0 Å². The van der Waals surface area contributed by atoms with Crippen molar-refractivity contribution < 1.29 is 18.0 Å². The van der Waals surface area contributed by atoms with E-state index in [2.05, 4.69) is 5.32 Å². The smallest absolute Gasteiger partial charge is 0.264 e. The molecule has 3 aromatic carbocycles. The molecule has 214 valence electrons. The molecule has 0 unspecified atom stereocenters. The van der Waals surface area contributed by atoms with Gasteiger partial charge in [-0.25, -0.2) is 8.42 Å². The zero-order valence-corrected chi connectivity index (χ0v) is 25.5. The molecular weight excluding hydrogens is 546 g/mol. The number of benzene rings is 3. The maximum Gasteiger partial charge on any atom is 0.264 e. The molecule has 7 nitrogen and oxygen atoms in total. The molecule has 0 aromatic heterocycles. The molecule has 0 fully saturated rings. The molecule has 0 aliphatic rings. The molecule has 9 heteroatoms. The molecular formula is C31H38ClN3O4S. The zero-order chi connectivity index (χ0) is 29.7. The van der Waals surface area contributed by atoms with Gasteiger partial charge in [-0.3, -0.25) is 13.9 Å². The van der Waals surface area contributed by atoms with Gasteiger partial charge in [0, 0.05) is 17.1 Å². The number of halogens is 1. The number of rotatable bonds is 10. The van der Waals surface area contributed by atoms with Crippen LogP contribution in [0, 0.1) is 13.8 Å². The fourth-order valence-electron chi connectivity index (χ4n) is 4.50. The van der Waals surface area contributed by atoms with E-state index in [0.29, 0.717) is 28.3 Å². The van der Waals surface area contributed by atoms with Gasteiger partial charge < -0.3 is 10.2 Å². The Morgan fingerprint density at radius 3 is 2.15 bits per heavy atom. The first kappa shape index (κ1) is 31.2. The van der Waals surface area contributed by atoms with E-state index >= 15 is 0 Å². The third-order valence-electron chi connectivity index (χ3n) is 6.41. The summed E-state index contributed by atoms with van der Waals surface area (Å²) in [5.41, 5.74) is 2.21. The molecule has 1 N–H and O–H groups in total. The maximum atomic E-state index is 14.2. The highest BCUT2D eigenvalue weighted by Gasteiger charge is 2.35. The van der Waals surface area contributed by atoms with Gasteiger partial charge in [0.25, 0.3) is 10.0 Å². The van der Waals surface area contributed by atoms with Gasteiger partial charge in [-0.1, -0.05) is 72.6 Å². The molecule has 3 rings (SSSR count). The van der Waals surface area contributed by atoms with Crippen molar-refractivity contribution in [2.24, 2.45) is 0 Å². The Kier molecular flexibility index (Phi) is 10.0. The van der Waals surface area contributed by atoms with Crippen molar-refractivity contribution in [1.29, 1.82) is 0 Å². The molecule has 0 saturated carbocycles. The Morgan fingerprint density at radius 1 is 0.950 bits per heavy atom. The van der Waals surface area contributed by atoms with Crippen LogP contribution >= 0.6 is 11.6 Å². The number of hydrogen-bond donors (Lipinski definition) is 1. The fraction of sp³-hybridized carbons (Fsp3) is 0.355. The largest absolute Gasteiger partial charge is 0.350 e. The van der Waals surface area contributed by atoms with Crippen LogP contribution in [0.1, 0.15) is 50.8 Å². The summed E-state index contributed by atoms with van der Waals surface area (Å²) in [6.07, 6.45) is 0.326. The SMILES string of the molecule is CC[C@H](C(=O)NC(C)(C)C)N(Cc1ccccc1Cl)C(=O)CN(c1ccc(C)cc1C)S(=O)(=O)c1ccccc1. The summed E-state index contributed by atoms with van der Waals surface area (Å²) in [5.74, 6) is -0.838. The van der Waals surface area contributed by atoms with Crippen LogP contribution in [0.5, 0.6) is 0 Å². The minimum atomic E-state index is -4.12. The lowest BCUT2D eigenvalue weighted by Gasteiger charge is -2.35. The average Bonchev–Trinajstić information content (AvgIpc) is 2.88. The van der Waals surface area contributed by atoms with Crippen LogP contribution in [0.4, 0.5) is 5.69 Å². The topological polar surface area (TPSA) is 86.8 Å². The van der Waals surface area contributed by atoms with E-state index in [1.54, 1.807) is 42.5 Å². The molecule has 40 heavy (non-hydrogen) atoms. The van der Waals surface area contributed by atoms with Crippen LogP contribution in [-0.4, -0.2) is 43.3 Å². The lowest BCUT2D eigenvalue weighted by molar-refractivity contribution is -0.141. The zero-order valence-electron chi connectivity index (χ0n) is 23.9. The highest BCUT2D eigenvalue weighted by atomic mass is 35.5. The highest BCUT2D eigenvalue weighted by molar-refractivity contribution is 7.92. The van der Waals surface area contributed by atoms with Gasteiger partial charge in [0.15, 0.2) is 0 Å². The Bertz CT molecular complexity index is 1450. The maximum absolute atomic E-state index is 14.2. The monoisotopic (exact) mass is 583 g/mol. The van der Waals surface area contributed by atoms with E-state index in [4.69, 9.17) is 11.6 Å². The van der Waals surface area contributed by atoms with E-state index in [-0.39, 0.29) is 17.3 Å². The van der Waals surface area contributed by atoms with Crippen molar-refractivity contribution >= 4 is 39.1 Å². The van der Waals surface area contributed by atoms with Crippen LogP contribution in [-0.2, 0) is 26.2 Å². The molecule has 0 saturated heterocycles. The molecule has 3 aromatic rings. The summed E-state index contributed by atoms with van der Waals surface area (Å²) in [5, 5.41) is 3.42. The van der Waals surface area contributed by atoms with Crippen molar-refractivity contribution in [3.8, 4) is 0 Å². The third kappa shape index (κ3) is 7.64. The summed E-state index contributed by atoms with van der Waals surface area (Å²) in [4.78, 5) is 29.1.